The minimum absolute atomic E-state index is 0.575. The third kappa shape index (κ3) is 1.67. The van der Waals surface area contributed by atoms with Gasteiger partial charge in [0.15, 0.2) is 0 Å². The molecule has 1 N–H and O–H groups in total. The summed E-state index contributed by atoms with van der Waals surface area (Å²) in [5.74, 6) is 0. The summed E-state index contributed by atoms with van der Waals surface area (Å²) in [7, 11) is 0. The van der Waals surface area contributed by atoms with Gasteiger partial charge in [-0.05, 0) is 30.9 Å². The highest BCUT2D eigenvalue weighted by molar-refractivity contribution is 5.85. The Morgan fingerprint density at radius 3 is 3.11 bits per heavy atom. The number of para-hydroxylation sites is 1. The molecule has 2 nitrogen and oxygen atoms in total. The fourth-order valence-corrected chi connectivity index (χ4v) is 3.68. The average molecular weight is 252 g/mol. The van der Waals surface area contributed by atoms with Crippen LogP contribution < -0.4 is 0 Å². The van der Waals surface area contributed by atoms with E-state index in [1.807, 2.05) is 0 Å². The van der Waals surface area contributed by atoms with Crippen molar-refractivity contribution < 1.29 is 0 Å². The largest absolute Gasteiger partial charge is 0.357 e. The van der Waals surface area contributed by atoms with Gasteiger partial charge in [-0.2, -0.15) is 0 Å². The first-order valence-electron chi connectivity index (χ1n) is 7.38. The van der Waals surface area contributed by atoms with Crippen molar-refractivity contribution in [2.45, 2.75) is 32.2 Å². The Morgan fingerprint density at radius 2 is 2.21 bits per heavy atom. The molecule has 98 valence electrons. The first-order chi connectivity index (χ1) is 9.36. The van der Waals surface area contributed by atoms with Gasteiger partial charge in [0, 0.05) is 29.7 Å². The molecule has 4 rings (SSSR count). The Hall–Kier alpha value is -1.54. The molecular weight excluding hydrogens is 232 g/mol. The molecule has 2 aromatic rings. The lowest BCUT2D eigenvalue weighted by Crippen LogP contribution is -2.38. The molecule has 1 unspecified atom stereocenters. The molecule has 0 fully saturated rings. The van der Waals surface area contributed by atoms with E-state index in [0.29, 0.717) is 6.04 Å². The standard InChI is InChI=1S/C17H20N2/c1-2-12-7-8-16-17-14(9-10-19(16)11-12)13-5-3-4-6-15(13)18-17/h3-7,16,18H,2,8-11H2,1H3. The molecule has 0 spiro atoms. The zero-order chi connectivity index (χ0) is 12.8. The number of H-pyrrole nitrogens is 1. The summed E-state index contributed by atoms with van der Waals surface area (Å²) in [5.41, 5.74) is 5.94. The monoisotopic (exact) mass is 252 g/mol. The molecule has 19 heavy (non-hydrogen) atoms. The highest BCUT2D eigenvalue weighted by Crippen LogP contribution is 2.38. The molecule has 1 aromatic heterocycles. The number of aromatic amines is 1. The highest BCUT2D eigenvalue weighted by atomic mass is 15.2. The van der Waals surface area contributed by atoms with Crippen LogP contribution >= 0.6 is 0 Å². The van der Waals surface area contributed by atoms with Gasteiger partial charge >= 0.3 is 0 Å². The minimum Gasteiger partial charge on any atom is -0.357 e. The average Bonchev–Trinajstić information content (AvgIpc) is 2.85. The lowest BCUT2D eigenvalue weighted by atomic mass is 9.91. The van der Waals surface area contributed by atoms with Crippen molar-refractivity contribution in [1.82, 2.24) is 9.88 Å². The molecule has 0 aliphatic carbocycles. The van der Waals surface area contributed by atoms with Gasteiger partial charge in [-0.1, -0.05) is 36.8 Å². The second-order valence-corrected chi connectivity index (χ2v) is 5.75. The van der Waals surface area contributed by atoms with Crippen LogP contribution in [0, 0.1) is 0 Å². The van der Waals surface area contributed by atoms with Gasteiger partial charge in [-0.15, -0.1) is 0 Å². The minimum atomic E-state index is 0.575. The van der Waals surface area contributed by atoms with Crippen molar-refractivity contribution in [2.24, 2.45) is 0 Å². The number of hydrogen-bond acceptors (Lipinski definition) is 1. The summed E-state index contributed by atoms with van der Waals surface area (Å²) >= 11 is 0. The summed E-state index contributed by atoms with van der Waals surface area (Å²) in [6, 6.07) is 9.31. The first-order valence-corrected chi connectivity index (χ1v) is 7.38. The van der Waals surface area contributed by atoms with Crippen LogP contribution in [0.3, 0.4) is 0 Å². The van der Waals surface area contributed by atoms with Gasteiger partial charge in [0.05, 0.1) is 6.04 Å². The van der Waals surface area contributed by atoms with E-state index < -0.39 is 0 Å². The van der Waals surface area contributed by atoms with Crippen molar-refractivity contribution >= 4 is 10.9 Å². The molecule has 0 saturated carbocycles. The Balaban J connectivity index is 1.81. The van der Waals surface area contributed by atoms with Gasteiger partial charge < -0.3 is 4.98 Å². The van der Waals surface area contributed by atoms with Crippen LogP contribution in [0.25, 0.3) is 10.9 Å². The van der Waals surface area contributed by atoms with Crippen molar-refractivity contribution in [3.63, 3.8) is 0 Å². The first kappa shape index (κ1) is 11.3. The lowest BCUT2D eigenvalue weighted by molar-refractivity contribution is 0.187. The molecule has 0 amide bonds. The van der Waals surface area contributed by atoms with E-state index in [1.165, 1.54) is 42.4 Å². The molecule has 1 aromatic carbocycles. The van der Waals surface area contributed by atoms with Crippen LogP contribution in [0.15, 0.2) is 35.9 Å². The van der Waals surface area contributed by atoms with Gasteiger partial charge in [0.25, 0.3) is 0 Å². The second-order valence-electron chi connectivity index (χ2n) is 5.75. The molecule has 2 heteroatoms. The van der Waals surface area contributed by atoms with E-state index in [9.17, 15) is 0 Å². The van der Waals surface area contributed by atoms with Crippen molar-refractivity contribution in [1.29, 1.82) is 0 Å². The predicted molar refractivity (Wildman–Crippen MR) is 79.3 cm³/mol. The fourth-order valence-electron chi connectivity index (χ4n) is 3.68. The van der Waals surface area contributed by atoms with Gasteiger partial charge in [-0.3, -0.25) is 4.90 Å². The normalized spacial score (nSPS) is 23.0. The molecule has 0 bridgehead atoms. The number of nitrogens with zero attached hydrogens (tertiary/aromatic N) is 1. The molecule has 2 aliphatic heterocycles. The summed E-state index contributed by atoms with van der Waals surface area (Å²) in [5, 5.41) is 1.43. The van der Waals surface area contributed by atoms with Crippen LogP contribution in [0.2, 0.25) is 0 Å². The van der Waals surface area contributed by atoms with E-state index in [4.69, 9.17) is 0 Å². The zero-order valence-electron chi connectivity index (χ0n) is 11.4. The maximum absolute atomic E-state index is 3.68. The van der Waals surface area contributed by atoms with Crippen LogP contribution in [0.1, 0.15) is 37.1 Å². The van der Waals surface area contributed by atoms with E-state index in [2.05, 4.69) is 47.1 Å². The summed E-state index contributed by atoms with van der Waals surface area (Å²) in [6.45, 7) is 4.64. The predicted octanol–water partition coefficient (Wildman–Crippen LogP) is 3.81. The SMILES string of the molecule is CCC1=CCC2c3[nH]c4ccccc4c3CCN2C1. The second kappa shape index (κ2) is 4.24. The van der Waals surface area contributed by atoms with E-state index in [0.717, 1.165) is 6.54 Å². The van der Waals surface area contributed by atoms with Crippen molar-refractivity contribution in [3.05, 3.63) is 47.2 Å². The van der Waals surface area contributed by atoms with Crippen molar-refractivity contribution in [2.75, 3.05) is 13.1 Å². The Kier molecular flexibility index (Phi) is 2.52. The maximum atomic E-state index is 3.68. The van der Waals surface area contributed by atoms with E-state index >= 15 is 0 Å². The summed E-state index contributed by atoms with van der Waals surface area (Å²) in [6.07, 6.45) is 6.01. The fraction of sp³-hybridized carbons (Fsp3) is 0.412. The lowest BCUT2D eigenvalue weighted by Gasteiger charge is -2.38. The smallest absolute Gasteiger partial charge is 0.0539 e. The number of aromatic nitrogens is 1. The van der Waals surface area contributed by atoms with E-state index in [-0.39, 0.29) is 0 Å². The van der Waals surface area contributed by atoms with Crippen LogP contribution in [0.5, 0.6) is 0 Å². The third-order valence-electron chi connectivity index (χ3n) is 4.76. The number of fused-ring (bicyclic) bond motifs is 5. The van der Waals surface area contributed by atoms with Gasteiger partial charge in [0.1, 0.15) is 0 Å². The topological polar surface area (TPSA) is 19.0 Å². The van der Waals surface area contributed by atoms with Gasteiger partial charge in [-0.25, -0.2) is 0 Å². The summed E-state index contributed by atoms with van der Waals surface area (Å²) in [4.78, 5) is 6.33. The molecule has 0 radical (unpaired) electrons. The Morgan fingerprint density at radius 1 is 1.32 bits per heavy atom. The van der Waals surface area contributed by atoms with Crippen LogP contribution in [0.4, 0.5) is 0 Å². The highest BCUT2D eigenvalue weighted by Gasteiger charge is 2.31. The molecular formula is C17H20N2. The Labute approximate surface area is 114 Å². The van der Waals surface area contributed by atoms with Crippen LogP contribution in [-0.4, -0.2) is 23.0 Å². The number of benzene rings is 1. The third-order valence-corrected chi connectivity index (χ3v) is 4.76. The number of rotatable bonds is 1. The molecule has 2 aliphatic rings. The Bertz CT molecular complexity index is 650. The number of hydrogen-bond donors (Lipinski definition) is 1. The summed E-state index contributed by atoms with van der Waals surface area (Å²) < 4.78 is 0. The van der Waals surface area contributed by atoms with Crippen LogP contribution in [-0.2, 0) is 6.42 Å². The van der Waals surface area contributed by atoms with Gasteiger partial charge in [0.2, 0.25) is 0 Å². The number of nitrogens with one attached hydrogen (secondary N) is 1. The maximum Gasteiger partial charge on any atom is 0.0539 e. The molecule has 0 saturated heterocycles. The van der Waals surface area contributed by atoms with E-state index in [1.54, 1.807) is 11.1 Å². The molecule has 1 atom stereocenters. The molecule has 3 heterocycles. The zero-order valence-corrected chi connectivity index (χ0v) is 11.4. The quantitative estimate of drug-likeness (QED) is 0.765. The van der Waals surface area contributed by atoms with Crippen molar-refractivity contribution in [3.8, 4) is 0 Å².